The van der Waals surface area contributed by atoms with E-state index in [2.05, 4.69) is 15.6 Å². The number of fused-ring (bicyclic) bond motifs is 1. The minimum Gasteiger partial charge on any atom is -0.352 e. The maximum atomic E-state index is 12.6. The number of carbonyl (C=O) groups excluding carboxylic acids is 2. The summed E-state index contributed by atoms with van der Waals surface area (Å²) in [7, 11) is 0. The molecule has 2 N–H and O–H groups in total. The lowest BCUT2D eigenvalue weighted by atomic mass is 10.1. The van der Waals surface area contributed by atoms with Gasteiger partial charge in [0.1, 0.15) is 0 Å². The summed E-state index contributed by atoms with van der Waals surface area (Å²) < 4.78 is 1.12. The van der Waals surface area contributed by atoms with Gasteiger partial charge in [0.15, 0.2) is 0 Å². The van der Waals surface area contributed by atoms with Gasteiger partial charge in [-0.1, -0.05) is 54.6 Å². The molecule has 0 spiro atoms. The van der Waals surface area contributed by atoms with Crippen molar-refractivity contribution >= 4 is 39.1 Å². The first-order valence-electron chi connectivity index (χ1n) is 10.2. The zero-order valence-corrected chi connectivity index (χ0v) is 17.8. The number of nitrogens with one attached hydrogen (secondary N) is 2. The normalized spacial score (nSPS) is 10.7. The second-order valence-electron chi connectivity index (χ2n) is 7.16. The van der Waals surface area contributed by atoms with E-state index in [-0.39, 0.29) is 11.8 Å². The third-order valence-electron chi connectivity index (χ3n) is 4.89. The van der Waals surface area contributed by atoms with Gasteiger partial charge in [-0.05, 0) is 36.2 Å². The van der Waals surface area contributed by atoms with Crippen LogP contribution < -0.4 is 10.6 Å². The van der Waals surface area contributed by atoms with Gasteiger partial charge < -0.3 is 10.6 Å². The number of anilines is 1. The number of rotatable bonds is 8. The highest BCUT2D eigenvalue weighted by atomic mass is 32.1. The van der Waals surface area contributed by atoms with Gasteiger partial charge in [0.25, 0.3) is 5.91 Å². The maximum absolute atomic E-state index is 12.6. The summed E-state index contributed by atoms with van der Waals surface area (Å²) in [6.45, 7) is 0.530. The van der Waals surface area contributed by atoms with Crippen molar-refractivity contribution in [3.63, 3.8) is 0 Å². The van der Waals surface area contributed by atoms with Gasteiger partial charge in [-0.25, -0.2) is 4.98 Å². The Morgan fingerprint density at radius 2 is 1.58 bits per heavy atom. The highest BCUT2D eigenvalue weighted by Gasteiger charge is 2.13. The van der Waals surface area contributed by atoms with Crippen LogP contribution in [-0.2, 0) is 17.6 Å². The molecule has 6 heteroatoms. The molecule has 4 aromatic rings. The van der Waals surface area contributed by atoms with E-state index >= 15 is 0 Å². The minimum absolute atomic E-state index is 0.135. The van der Waals surface area contributed by atoms with Crippen LogP contribution >= 0.6 is 11.3 Å². The molecule has 0 fully saturated rings. The quantitative estimate of drug-likeness (QED) is 0.421. The zero-order chi connectivity index (χ0) is 21.5. The van der Waals surface area contributed by atoms with Crippen molar-refractivity contribution in [3.05, 3.63) is 95.0 Å². The second-order valence-corrected chi connectivity index (χ2v) is 8.28. The monoisotopic (exact) mass is 429 g/mol. The Balaban J connectivity index is 1.32. The topological polar surface area (TPSA) is 71.1 Å². The Hall–Kier alpha value is -3.51. The molecule has 0 bridgehead atoms. The molecule has 156 valence electrons. The average Bonchev–Trinajstić information content (AvgIpc) is 3.22. The summed E-state index contributed by atoms with van der Waals surface area (Å²) >= 11 is 1.61. The van der Waals surface area contributed by atoms with Gasteiger partial charge in [0.05, 0.1) is 26.5 Å². The molecule has 0 aliphatic heterocycles. The van der Waals surface area contributed by atoms with Crippen molar-refractivity contribution in [3.8, 4) is 0 Å². The Labute approximate surface area is 185 Å². The van der Waals surface area contributed by atoms with Crippen LogP contribution in [-0.4, -0.2) is 23.3 Å². The van der Waals surface area contributed by atoms with E-state index in [1.54, 1.807) is 29.5 Å². The first-order valence-corrected chi connectivity index (χ1v) is 11.1. The molecule has 4 rings (SSSR count). The van der Waals surface area contributed by atoms with E-state index in [9.17, 15) is 9.59 Å². The van der Waals surface area contributed by atoms with Crippen LogP contribution in [0, 0.1) is 0 Å². The number of benzene rings is 3. The molecular weight excluding hydrogens is 406 g/mol. The number of hydrogen-bond donors (Lipinski definition) is 2. The predicted molar refractivity (Wildman–Crippen MR) is 125 cm³/mol. The fourth-order valence-corrected chi connectivity index (χ4v) is 4.28. The number of carbonyl (C=O) groups is 2. The molecule has 1 aromatic heterocycles. The molecule has 0 unspecified atom stereocenters. The van der Waals surface area contributed by atoms with E-state index in [1.165, 1.54) is 5.56 Å². The third kappa shape index (κ3) is 5.55. The van der Waals surface area contributed by atoms with E-state index < -0.39 is 0 Å². The van der Waals surface area contributed by atoms with Crippen molar-refractivity contribution in [1.29, 1.82) is 0 Å². The van der Waals surface area contributed by atoms with Crippen molar-refractivity contribution in [1.82, 2.24) is 10.3 Å². The lowest BCUT2D eigenvalue weighted by Gasteiger charge is -2.11. The molecule has 1 heterocycles. The standard InChI is InChI=1S/C25H23N3O2S/c29-23(14-15-24-28-21-12-6-7-13-22(21)31-24)27-20-11-5-4-10-19(20)25(30)26-17-16-18-8-2-1-3-9-18/h1-13H,14-17H2,(H,26,30)(H,27,29). The fraction of sp³-hybridized carbons (Fsp3) is 0.160. The lowest BCUT2D eigenvalue weighted by Crippen LogP contribution is -2.27. The van der Waals surface area contributed by atoms with E-state index in [4.69, 9.17) is 0 Å². The van der Waals surface area contributed by atoms with Gasteiger partial charge in [-0.3, -0.25) is 9.59 Å². The fourth-order valence-electron chi connectivity index (χ4n) is 3.31. The van der Waals surface area contributed by atoms with Gasteiger partial charge in [0.2, 0.25) is 5.91 Å². The van der Waals surface area contributed by atoms with E-state index in [0.29, 0.717) is 30.6 Å². The number of thiazole rings is 1. The van der Waals surface area contributed by atoms with Gasteiger partial charge in [0, 0.05) is 19.4 Å². The Bertz CT molecular complexity index is 1150. The Morgan fingerprint density at radius 1 is 0.839 bits per heavy atom. The first-order chi connectivity index (χ1) is 15.2. The van der Waals surface area contributed by atoms with Crippen LogP contribution in [0.25, 0.3) is 10.2 Å². The Kier molecular flexibility index (Phi) is 6.69. The maximum Gasteiger partial charge on any atom is 0.253 e. The zero-order valence-electron chi connectivity index (χ0n) is 17.0. The van der Waals surface area contributed by atoms with Gasteiger partial charge in [-0.2, -0.15) is 0 Å². The number of aryl methyl sites for hydroxylation is 1. The molecule has 0 saturated carbocycles. The number of para-hydroxylation sites is 2. The number of hydrogen-bond acceptors (Lipinski definition) is 4. The molecule has 31 heavy (non-hydrogen) atoms. The highest BCUT2D eigenvalue weighted by Crippen LogP contribution is 2.23. The van der Waals surface area contributed by atoms with Crippen LogP contribution in [0.3, 0.4) is 0 Å². The van der Waals surface area contributed by atoms with E-state index in [1.807, 2.05) is 60.7 Å². The van der Waals surface area contributed by atoms with E-state index in [0.717, 1.165) is 21.6 Å². The summed E-state index contributed by atoms with van der Waals surface area (Å²) in [5, 5.41) is 6.75. The molecule has 3 aromatic carbocycles. The van der Waals surface area contributed by atoms with Gasteiger partial charge in [-0.15, -0.1) is 11.3 Å². The number of amides is 2. The summed E-state index contributed by atoms with van der Waals surface area (Å²) in [6.07, 6.45) is 1.63. The molecule has 2 amide bonds. The first kappa shape index (κ1) is 20.8. The average molecular weight is 430 g/mol. The SMILES string of the molecule is O=C(CCc1nc2ccccc2s1)Nc1ccccc1C(=O)NCCc1ccccc1. The summed E-state index contributed by atoms with van der Waals surface area (Å²) in [5.74, 6) is -0.332. The highest BCUT2D eigenvalue weighted by molar-refractivity contribution is 7.18. The number of nitrogens with zero attached hydrogens (tertiary/aromatic N) is 1. The lowest BCUT2D eigenvalue weighted by molar-refractivity contribution is -0.116. The van der Waals surface area contributed by atoms with Crippen LogP contribution in [0.5, 0.6) is 0 Å². The van der Waals surface area contributed by atoms with Crippen molar-refractivity contribution in [2.75, 3.05) is 11.9 Å². The molecule has 0 saturated heterocycles. The number of aromatic nitrogens is 1. The summed E-state index contributed by atoms with van der Waals surface area (Å²) in [4.78, 5) is 29.7. The molecule has 0 radical (unpaired) electrons. The summed E-state index contributed by atoms with van der Waals surface area (Å²) in [5.41, 5.74) is 3.11. The Morgan fingerprint density at radius 3 is 2.42 bits per heavy atom. The molecule has 0 atom stereocenters. The molecule has 0 aliphatic carbocycles. The van der Waals surface area contributed by atoms with Crippen LogP contribution in [0.1, 0.15) is 27.3 Å². The molecule has 5 nitrogen and oxygen atoms in total. The van der Waals surface area contributed by atoms with Gasteiger partial charge >= 0.3 is 0 Å². The second kappa shape index (κ2) is 10.00. The van der Waals surface area contributed by atoms with Crippen LogP contribution in [0.2, 0.25) is 0 Å². The van der Waals surface area contributed by atoms with Crippen molar-refractivity contribution in [2.24, 2.45) is 0 Å². The van der Waals surface area contributed by atoms with Crippen molar-refractivity contribution in [2.45, 2.75) is 19.3 Å². The largest absolute Gasteiger partial charge is 0.352 e. The predicted octanol–water partition coefficient (Wildman–Crippen LogP) is 4.84. The minimum atomic E-state index is -0.196. The van der Waals surface area contributed by atoms with Crippen LogP contribution in [0.15, 0.2) is 78.9 Å². The third-order valence-corrected chi connectivity index (χ3v) is 5.99. The van der Waals surface area contributed by atoms with Crippen LogP contribution in [0.4, 0.5) is 5.69 Å². The molecular formula is C25H23N3O2S. The summed E-state index contributed by atoms with van der Waals surface area (Å²) in [6, 6.07) is 25.0. The van der Waals surface area contributed by atoms with Crippen molar-refractivity contribution < 1.29 is 9.59 Å². The smallest absolute Gasteiger partial charge is 0.253 e. The molecule has 0 aliphatic rings.